The van der Waals surface area contributed by atoms with Crippen LogP contribution in [0.4, 0.5) is 17.1 Å². The normalized spacial score (nSPS) is 15.1. The second-order valence-electron chi connectivity index (χ2n) is 6.76. The first kappa shape index (κ1) is 19.0. The Labute approximate surface area is 169 Å². The molecule has 0 spiro atoms. The fourth-order valence-electron chi connectivity index (χ4n) is 3.44. The van der Waals surface area contributed by atoms with E-state index in [2.05, 4.69) is 5.10 Å². The lowest BCUT2D eigenvalue weighted by Crippen LogP contribution is -2.22. The molecule has 10 nitrogen and oxygen atoms in total. The maximum atomic E-state index is 13.0. The molecule has 10 heteroatoms. The molecule has 1 aliphatic rings. The van der Waals surface area contributed by atoms with Crippen molar-refractivity contribution in [2.45, 2.75) is 6.92 Å². The Balaban J connectivity index is 1.78. The summed E-state index contributed by atoms with van der Waals surface area (Å²) in [5.41, 5.74) is 1.35. The Kier molecular flexibility index (Phi) is 4.38. The average molecular weight is 405 g/mol. The Hall–Kier alpha value is -4.34. The number of nitro groups is 2. The molecule has 0 N–H and O–H groups in total. The van der Waals surface area contributed by atoms with Crippen LogP contribution in [0.5, 0.6) is 0 Å². The highest BCUT2D eigenvalue weighted by atomic mass is 16.6. The highest BCUT2D eigenvalue weighted by molar-refractivity contribution is 6.32. The van der Waals surface area contributed by atoms with E-state index in [1.807, 2.05) is 42.1 Å². The number of hydrogen-bond donors (Lipinski definition) is 0. The zero-order chi connectivity index (χ0) is 21.6. The standard InChI is InChI=1S/C20H15N5O5/c1-12-16(9-13-11-22(2)17-6-4-3-5-15(13)17)20(26)23(21-12)18-8-7-14(24(27)28)10-19(18)25(29)30/h3-11H,1-2H3/b16-9-. The summed E-state index contributed by atoms with van der Waals surface area (Å²) in [5.74, 6) is -0.544. The van der Waals surface area contributed by atoms with Crippen molar-refractivity contribution < 1.29 is 14.6 Å². The van der Waals surface area contributed by atoms with E-state index in [1.165, 1.54) is 0 Å². The van der Waals surface area contributed by atoms with Crippen LogP contribution < -0.4 is 5.01 Å². The summed E-state index contributed by atoms with van der Waals surface area (Å²) in [7, 11) is 1.90. The van der Waals surface area contributed by atoms with Gasteiger partial charge in [-0.1, -0.05) is 18.2 Å². The van der Waals surface area contributed by atoms with Crippen LogP contribution in [-0.4, -0.2) is 26.0 Å². The van der Waals surface area contributed by atoms with Crippen molar-refractivity contribution in [1.29, 1.82) is 0 Å². The molecule has 0 radical (unpaired) electrons. The number of carbonyl (C=O) groups is 1. The van der Waals surface area contributed by atoms with Gasteiger partial charge < -0.3 is 4.57 Å². The van der Waals surface area contributed by atoms with Crippen molar-refractivity contribution in [3.8, 4) is 0 Å². The van der Waals surface area contributed by atoms with Crippen molar-refractivity contribution in [2.24, 2.45) is 12.1 Å². The van der Waals surface area contributed by atoms with Gasteiger partial charge in [0.2, 0.25) is 0 Å². The van der Waals surface area contributed by atoms with E-state index in [9.17, 15) is 25.0 Å². The molecule has 1 aromatic heterocycles. The molecule has 3 aromatic rings. The molecule has 1 aliphatic heterocycles. The Bertz CT molecular complexity index is 1300. The second-order valence-corrected chi connectivity index (χ2v) is 6.76. The van der Waals surface area contributed by atoms with Crippen LogP contribution >= 0.6 is 0 Å². The molecule has 2 heterocycles. The number of hydrazone groups is 1. The molecule has 0 aliphatic carbocycles. The van der Waals surface area contributed by atoms with Gasteiger partial charge in [-0.15, -0.1) is 0 Å². The molecular weight excluding hydrogens is 390 g/mol. The molecule has 2 aromatic carbocycles. The summed E-state index contributed by atoms with van der Waals surface area (Å²) in [6.45, 7) is 1.63. The van der Waals surface area contributed by atoms with Gasteiger partial charge in [-0.2, -0.15) is 10.1 Å². The number of anilines is 1. The molecule has 0 saturated heterocycles. The molecule has 0 saturated carbocycles. The minimum Gasteiger partial charge on any atom is -0.350 e. The molecular formula is C20H15N5O5. The number of carbonyl (C=O) groups excluding carboxylic acids is 1. The topological polar surface area (TPSA) is 124 Å². The molecule has 1 amide bonds. The van der Waals surface area contributed by atoms with Crippen LogP contribution in [0.3, 0.4) is 0 Å². The van der Waals surface area contributed by atoms with Gasteiger partial charge in [0.1, 0.15) is 5.69 Å². The van der Waals surface area contributed by atoms with E-state index < -0.39 is 27.1 Å². The summed E-state index contributed by atoms with van der Waals surface area (Å²) in [6, 6.07) is 10.8. The summed E-state index contributed by atoms with van der Waals surface area (Å²) >= 11 is 0. The van der Waals surface area contributed by atoms with Crippen molar-refractivity contribution in [3.05, 3.63) is 80.0 Å². The fourth-order valence-corrected chi connectivity index (χ4v) is 3.44. The summed E-state index contributed by atoms with van der Waals surface area (Å²) < 4.78 is 1.94. The van der Waals surface area contributed by atoms with Crippen molar-refractivity contribution in [1.82, 2.24) is 4.57 Å². The zero-order valence-electron chi connectivity index (χ0n) is 16.0. The number of amides is 1. The third kappa shape index (κ3) is 3.00. The van der Waals surface area contributed by atoms with Gasteiger partial charge in [0, 0.05) is 35.8 Å². The van der Waals surface area contributed by atoms with Gasteiger partial charge in [0.05, 0.1) is 27.2 Å². The minimum absolute atomic E-state index is 0.128. The molecule has 150 valence electrons. The second kappa shape index (κ2) is 6.92. The first-order valence-corrected chi connectivity index (χ1v) is 8.86. The number of aromatic nitrogens is 1. The fraction of sp³-hybridized carbons (Fsp3) is 0.100. The van der Waals surface area contributed by atoms with Crippen LogP contribution in [0.1, 0.15) is 12.5 Å². The van der Waals surface area contributed by atoms with Gasteiger partial charge in [-0.25, -0.2) is 0 Å². The maximum Gasteiger partial charge on any atom is 0.301 e. The maximum absolute atomic E-state index is 13.0. The van der Waals surface area contributed by atoms with Crippen LogP contribution in [0.15, 0.2) is 59.3 Å². The van der Waals surface area contributed by atoms with Gasteiger partial charge in [-0.05, 0) is 25.1 Å². The SMILES string of the molecule is CC1=NN(c2ccc([N+](=O)[O-])cc2[N+](=O)[O-])C(=O)/C1=C\c1cn(C)c2ccccc12. The first-order valence-electron chi connectivity index (χ1n) is 8.86. The van der Waals surface area contributed by atoms with E-state index >= 15 is 0 Å². The highest BCUT2D eigenvalue weighted by Gasteiger charge is 2.34. The molecule has 0 atom stereocenters. The van der Waals surface area contributed by atoms with Crippen LogP contribution in [-0.2, 0) is 11.8 Å². The van der Waals surface area contributed by atoms with E-state index in [-0.39, 0.29) is 5.69 Å². The quantitative estimate of drug-likeness (QED) is 0.371. The largest absolute Gasteiger partial charge is 0.350 e. The molecule has 30 heavy (non-hydrogen) atoms. The van der Waals surface area contributed by atoms with E-state index in [0.717, 1.165) is 39.7 Å². The monoisotopic (exact) mass is 405 g/mol. The Morgan fingerprint density at radius 1 is 1.07 bits per heavy atom. The number of benzene rings is 2. The lowest BCUT2D eigenvalue weighted by Gasteiger charge is -2.11. The number of non-ortho nitro benzene ring substituents is 1. The summed E-state index contributed by atoms with van der Waals surface area (Å²) in [5, 5.41) is 28.4. The van der Waals surface area contributed by atoms with E-state index in [1.54, 1.807) is 13.0 Å². The van der Waals surface area contributed by atoms with Crippen LogP contribution in [0, 0.1) is 20.2 Å². The van der Waals surface area contributed by atoms with Gasteiger partial charge in [0.25, 0.3) is 11.6 Å². The van der Waals surface area contributed by atoms with Gasteiger partial charge >= 0.3 is 5.69 Å². The van der Waals surface area contributed by atoms with E-state index in [4.69, 9.17) is 0 Å². The van der Waals surface area contributed by atoms with E-state index in [0.29, 0.717) is 11.3 Å². The number of rotatable bonds is 4. The minimum atomic E-state index is -0.771. The number of nitro benzene ring substituents is 2. The third-order valence-electron chi connectivity index (χ3n) is 4.88. The average Bonchev–Trinajstić information content (AvgIpc) is 3.19. The number of hydrogen-bond acceptors (Lipinski definition) is 6. The number of aryl methyl sites for hydroxylation is 1. The lowest BCUT2D eigenvalue weighted by molar-refractivity contribution is -0.393. The predicted octanol–water partition coefficient (Wildman–Crippen LogP) is 3.80. The smallest absolute Gasteiger partial charge is 0.301 e. The molecule has 0 fully saturated rings. The lowest BCUT2D eigenvalue weighted by atomic mass is 10.1. The third-order valence-corrected chi connectivity index (χ3v) is 4.88. The van der Waals surface area contributed by atoms with Crippen molar-refractivity contribution >= 4 is 45.7 Å². The summed E-state index contributed by atoms with van der Waals surface area (Å²) in [6.07, 6.45) is 3.58. The Morgan fingerprint density at radius 3 is 2.50 bits per heavy atom. The predicted molar refractivity (Wildman–Crippen MR) is 111 cm³/mol. The van der Waals surface area contributed by atoms with Crippen LogP contribution in [0.2, 0.25) is 0 Å². The molecule has 0 unspecified atom stereocenters. The molecule has 4 rings (SSSR count). The zero-order valence-corrected chi connectivity index (χ0v) is 16.0. The first-order chi connectivity index (χ1) is 14.3. The van der Waals surface area contributed by atoms with Gasteiger partial charge in [0.15, 0.2) is 0 Å². The van der Waals surface area contributed by atoms with Crippen molar-refractivity contribution in [2.75, 3.05) is 5.01 Å². The summed E-state index contributed by atoms with van der Waals surface area (Å²) in [4.78, 5) is 33.9. The highest BCUT2D eigenvalue weighted by Crippen LogP contribution is 2.35. The molecule has 0 bridgehead atoms. The Morgan fingerprint density at radius 2 is 1.80 bits per heavy atom. The van der Waals surface area contributed by atoms with Gasteiger partial charge in [-0.3, -0.25) is 25.0 Å². The number of para-hydroxylation sites is 1. The number of nitrogens with zero attached hydrogens (tertiary/aromatic N) is 5. The number of fused-ring (bicyclic) bond motifs is 1. The van der Waals surface area contributed by atoms with Crippen molar-refractivity contribution in [3.63, 3.8) is 0 Å². The van der Waals surface area contributed by atoms with Crippen LogP contribution in [0.25, 0.3) is 17.0 Å².